The van der Waals surface area contributed by atoms with Crippen LogP contribution in [0.2, 0.25) is 0 Å². The highest BCUT2D eigenvalue weighted by Gasteiger charge is 2.34. The van der Waals surface area contributed by atoms with E-state index in [0.29, 0.717) is 23.4 Å². The number of aromatic nitrogens is 1. The van der Waals surface area contributed by atoms with E-state index >= 15 is 0 Å². The highest BCUT2D eigenvalue weighted by atomic mass is 19.4. The summed E-state index contributed by atoms with van der Waals surface area (Å²) in [5.41, 5.74) is 2.97. The molecule has 2 aromatic rings. The Morgan fingerprint density at radius 3 is 2.78 bits per heavy atom. The van der Waals surface area contributed by atoms with Crippen LogP contribution in [0.5, 0.6) is 0 Å². The SMILES string of the molecule is O=C1Cc2cc3c(cc2C(CCO)O1)C(c1ccnc(C(F)(F)F)c1)=NC3. The second-order valence-electron chi connectivity index (χ2n) is 6.47. The highest BCUT2D eigenvalue weighted by Crippen LogP contribution is 2.36. The number of aliphatic hydroxyl groups is 1. The number of benzene rings is 1. The van der Waals surface area contributed by atoms with E-state index in [1.807, 2.05) is 12.1 Å². The fourth-order valence-corrected chi connectivity index (χ4v) is 3.50. The molecular weight excluding hydrogens is 361 g/mol. The molecule has 0 aliphatic carbocycles. The molecule has 1 aromatic carbocycles. The zero-order valence-electron chi connectivity index (χ0n) is 14.1. The van der Waals surface area contributed by atoms with Gasteiger partial charge in [0.2, 0.25) is 0 Å². The molecule has 1 aromatic heterocycles. The maximum atomic E-state index is 13.0. The van der Waals surface area contributed by atoms with Gasteiger partial charge in [-0.05, 0) is 34.9 Å². The first kappa shape index (κ1) is 17.7. The number of aliphatic hydroxyl groups excluding tert-OH is 1. The number of carbonyl (C=O) groups excluding carboxylic acids is 1. The van der Waals surface area contributed by atoms with Gasteiger partial charge in [0.05, 0.1) is 18.7 Å². The number of fused-ring (bicyclic) bond motifs is 2. The number of esters is 1. The fraction of sp³-hybridized carbons (Fsp3) is 0.316. The minimum Gasteiger partial charge on any atom is -0.457 e. The van der Waals surface area contributed by atoms with Crippen molar-refractivity contribution in [3.63, 3.8) is 0 Å². The lowest BCUT2D eigenvalue weighted by Crippen LogP contribution is -2.23. The Hall–Kier alpha value is -2.74. The number of hydrogen-bond donors (Lipinski definition) is 1. The zero-order valence-corrected chi connectivity index (χ0v) is 14.1. The largest absolute Gasteiger partial charge is 0.457 e. The van der Waals surface area contributed by atoms with Crippen LogP contribution in [0.15, 0.2) is 35.5 Å². The van der Waals surface area contributed by atoms with Gasteiger partial charge in [0.1, 0.15) is 11.8 Å². The van der Waals surface area contributed by atoms with Crippen LogP contribution in [0.4, 0.5) is 13.2 Å². The third kappa shape index (κ3) is 3.21. The minimum absolute atomic E-state index is 0.132. The van der Waals surface area contributed by atoms with Crippen LogP contribution in [0, 0.1) is 0 Å². The average Bonchev–Trinajstić information content (AvgIpc) is 3.02. The Labute approximate surface area is 152 Å². The lowest BCUT2D eigenvalue weighted by atomic mass is 9.89. The molecule has 0 bridgehead atoms. The Bertz CT molecular complexity index is 954. The maximum Gasteiger partial charge on any atom is 0.433 e. The third-order valence-corrected chi connectivity index (χ3v) is 4.70. The number of cyclic esters (lactones) is 1. The number of nitrogens with zero attached hydrogens (tertiary/aromatic N) is 2. The van der Waals surface area contributed by atoms with Crippen molar-refractivity contribution < 1.29 is 27.8 Å². The maximum absolute atomic E-state index is 13.0. The van der Waals surface area contributed by atoms with Crippen LogP contribution in [-0.2, 0) is 28.7 Å². The zero-order chi connectivity index (χ0) is 19.2. The number of ether oxygens (including phenoxy) is 1. The molecule has 140 valence electrons. The Balaban J connectivity index is 1.76. The fourth-order valence-electron chi connectivity index (χ4n) is 3.50. The van der Waals surface area contributed by atoms with Crippen molar-refractivity contribution in [1.82, 2.24) is 4.98 Å². The van der Waals surface area contributed by atoms with Crippen molar-refractivity contribution in [2.45, 2.75) is 31.7 Å². The number of pyridine rings is 1. The number of hydrogen-bond acceptors (Lipinski definition) is 5. The van der Waals surface area contributed by atoms with Gasteiger partial charge in [-0.15, -0.1) is 0 Å². The van der Waals surface area contributed by atoms with E-state index in [1.165, 1.54) is 6.07 Å². The van der Waals surface area contributed by atoms with E-state index in [1.54, 1.807) is 0 Å². The van der Waals surface area contributed by atoms with Gasteiger partial charge in [0.15, 0.2) is 0 Å². The average molecular weight is 376 g/mol. The summed E-state index contributed by atoms with van der Waals surface area (Å²) in [5.74, 6) is -0.357. The van der Waals surface area contributed by atoms with Crippen molar-refractivity contribution >= 4 is 11.7 Å². The number of halogens is 3. The van der Waals surface area contributed by atoms with Gasteiger partial charge >= 0.3 is 12.1 Å². The quantitative estimate of drug-likeness (QED) is 0.836. The molecule has 1 N–H and O–H groups in total. The minimum atomic E-state index is -4.53. The summed E-state index contributed by atoms with van der Waals surface area (Å²) in [6, 6.07) is 6.15. The summed E-state index contributed by atoms with van der Waals surface area (Å²) >= 11 is 0. The van der Waals surface area contributed by atoms with Gasteiger partial charge in [-0.3, -0.25) is 14.8 Å². The summed E-state index contributed by atoms with van der Waals surface area (Å²) in [7, 11) is 0. The van der Waals surface area contributed by atoms with E-state index < -0.39 is 18.0 Å². The molecule has 0 saturated carbocycles. The normalized spacial score (nSPS) is 18.6. The number of alkyl halides is 3. The highest BCUT2D eigenvalue weighted by molar-refractivity contribution is 6.15. The molecule has 4 rings (SSSR count). The van der Waals surface area contributed by atoms with Crippen LogP contribution in [0.25, 0.3) is 0 Å². The van der Waals surface area contributed by atoms with Gasteiger partial charge in [0.25, 0.3) is 0 Å². The molecule has 1 atom stereocenters. The van der Waals surface area contributed by atoms with Crippen molar-refractivity contribution in [2.24, 2.45) is 4.99 Å². The van der Waals surface area contributed by atoms with E-state index in [2.05, 4.69) is 9.98 Å². The second-order valence-corrected chi connectivity index (χ2v) is 6.47. The molecule has 8 heteroatoms. The molecule has 2 aliphatic heterocycles. The standard InChI is InChI=1S/C19H15F3N2O3/c20-19(21,22)16-6-10(1-3-23-16)18-14-8-13-11(5-12(14)9-24-18)7-17(26)27-15(13)2-4-25/h1,3,5-6,8,15,25H,2,4,7,9H2. The van der Waals surface area contributed by atoms with E-state index in [-0.39, 0.29) is 25.4 Å². The van der Waals surface area contributed by atoms with Gasteiger partial charge in [0, 0.05) is 30.4 Å². The first-order valence-corrected chi connectivity index (χ1v) is 8.41. The smallest absolute Gasteiger partial charge is 0.433 e. The molecule has 27 heavy (non-hydrogen) atoms. The molecule has 0 amide bonds. The van der Waals surface area contributed by atoms with Crippen molar-refractivity contribution in [1.29, 1.82) is 0 Å². The van der Waals surface area contributed by atoms with Crippen molar-refractivity contribution in [3.05, 3.63) is 64.0 Å². The van der Waals surface area contributed by atoms with Gasteiger partial charge < -0.3 is 9.84 Å². The molecule has 0 fully saturated rings. The van der Waals surface area contributed by atoms with Crippen molar-refractivity contribution in [2.75, 3.05) is 6.61 Å². The topological polar surface area (TPSA) is 71.8 Å². The van der Waals surface area contributed by atoms with Crippen LogP contribution in [0.3, 0.4) is 0 Å². The monoisotopic (exact) mass is 376 g/mol. The number of rotatable bonds is 3. The summed E-state index contributed by atoms with van der Waals surface area (Å²) < 4.78 is 44.2. The van der Waals surface area contributed by atoms with Gasteiger partial charge in [-0.25, -0.2) is 0 Å². The number of aliphatic imine (C=N–C) groups is 1. The molecule has 2 aliphatic rings. The van der Waals surface area contributed by atoms with Gasteiger partial charge in [-0.2, -0.15) is 13.2 Å². The molecule has 0 radical (unpaired) electrons. The van der Waals surface area contributed by atoms with E-state index in [9.17, 15) is 23.1 Å². The van der Waals surface area contributed by atoms with Crippen molar-refractivity contribution in [3.8, 4) is 0 Å². The van der Waals surface area contributed by atoms with Crippen LogP contribution >= 0.6 is 0 Å². The van der Waals surface area contributed by atoms with E-state index in [4.69, 9.17) is 4.74 Å². The summed E-state index contributed by atoms with van der Waals surface area (Å²) in [5, 5.41) is 9.23. The Morgan fingerprint density at radius 1 is 1.22 bits per heavy atom. The summed E-state index contributed by atoms with van der Waals surface area (Å²) in [4.78, 5) is 19.6. The second kappa shape index (κ2) is 6.45. The molecular formula is C19H15F3N2O3. The third-order valence-electron chi connectivity index (χ3n) is 4.70. The molecule has 0 saturated heterocycles. The summed E-state index contributed by atoms with van der Waals surface area (Å²) in [6.45, 7) is 0.191. The first-order chi connectivity index (χ1) is 12.9. The Kier molecular flexibility index (Phi) is 4.22. The predicted molar refractivity (Wildman–Crippen MR) is 89.3 cm³/mol. The number of carbonyl (C=O) groups is 1. The lowest BCUT2D eigenvalue weighted by molar-refractivity contribution is -0.151. The van der Waals surface area contributed by atoms with Crippen LogP contribution in [-0.4, -0.2) is 28.4 Å². The molecule has 5 nitrogen and oxygen atoms in total. The predicted octanol–water partition coefficient (Wildman–Crippen LogP) is 2.97. The van der Waals surface area contributed by atoms with Crippen LogP contribution < -0.4 is 0 Å². The molecule has 1 unspecified atom stereocenters. The van der Waals surface area contributed by atoms with Crippen LogP contribution in [0.1, 0.15) is 46.0 Å². The Morgan fingerprint density at radius 2 is 2.04 bits per heavy atom. The lowest BCUT2D eigenvalue weighted by Gasteiger charge is -2.26. The van der Waals surface area contributed by atoms with E-state index in [0.717, 1.165) is 29.0 Å². The molecule has 3 heterocycles. The van der Waals surface area contributed by atoms with Gasteiger partial charge in [-0.1, -0.05) is 6.07 Å². The summed E-state index contributed by atoms with van der Waals surface area (Å²) in [6.07, 6.45) is -3.59. The first-order valence-electron chi connectivity index (χ1n) is 8.41. The molecule has 0 spiro atoms.